The van der Waals surface area contributed by atoms with Crippen LogP contribution in [0.1, 0.15) is 15.2 Å². The van der Waals surface area contributed by atoms with Gasteiger partial charge < -0.3 is 15.2 Å². The highest BCUT2D eigenvalue weighted by atomic mass is 35.5. The SMILES string of the molecule is COc1ccsc1C(=O)Nc1cc(Cl)ccc1C#CCO. The molecule has 0 fully saturated rings. The third-order valence-electron chi connectivity index (χ3n) is 2.59. The van der Waals surface area contributed by atoms with Crippen molar-refractivity contribution < 1.29 is 14.6 Å². The van der Waals surface area contributed by atoms with E-state index in [2.05, 4.69) is 17.2 Å². The molecule has 108 valence electrons. The topological polar surface area (TPSA) is 58.6 Å². The van der Waals surface area contributed by atoms with Crippen molar-refractivity contribution in [3.63, 3.8) is 0 Å². The van der Waals surface area contributed by atoms with Gasteiger partial charge in [-0.05, 0) is 29.6 Å². The number of amides is 1. The molecule has 0 atom stereocenters. The summed E-state index contributed by atoms with van der Waals surface area (Å²) in [5.74, 6) is 5.53. The van der Waals surface area contributed by atoms with Gasteiger partial charge in [0.25, 0.3) is 5.91 Å². The predicted molar refractivity (Wildman–Crippen MR) is 84.2 cm³/mol. The summed E-state index contributed by atoms with van der Waals surface area (Å²) in [6.07, 6.45) is 0. The number of hydrogen-bond donors (Lipinski definition) is 2. The number of anilines is 1. The molecule has 0 spiro atoms. The molecule has 6 heteroatoms. The van der Waals surface area contributed by atoms with Crippen molar-refractivity contribution in [2.45, 2.75) is 0 Å². The van der Waals surface area contributed by atoms with Gasteiger partial charge >= 0.3 is 0 Å². The molecule has 4 nitrogen and oxygen atoms in total. The summed E-state index contributed by atoms with van der Waals surface area (Å²) in [5, 5.41) is 13.8. The summed E-state index contributed by atoms with van der Waals surface area (Å²) < 4.78 is 5.13. The van der Waals surface area contributed by atoms with E-state index in [-0.39, 0.29) is 12.5 Å². The molecule has 1 amide bonds. The zero-order valence-corrected chi connectivity index (χ0v) is 12.7. The number of aliphatic hydroxyl groups is 1. The molecule has 1 aromatic carbocycles. The number of rotatable bonds is 3. The maximum Gasteiger partial charge on any atom is 0.269 e. The second kappa shape index (κ2) is 7.14. The Bertz CT molecular complexity index is 715. The number of methoxy groups -OCH3 is 1. The Kier molecular flexibility index (Phi) is 5.23. The number of carbonyl (C=O) groups is 1. The van der Waals surface area contributed by atoms with E-state index in [9.17, 15) is 4.79 Å². The lowest BCUT2D eigenvalue weighted by atomic mass is 10.1. The zero-order chi connectivity index (χ0) is 15.2. The van der Waals surface area contributed by atoms with Gasteiger partial charge in [0.05, 0.1) is 12.8 Å². The van der Waals surface area contributed by atoms with Crippen molar-refractivity contribution in [1.29, 1.82) is 0 Å². The molecule has 1 aromatic heterocycles. The summed E-state index contributed by atoms with van der Waals surface area (Å²) in [6.45, 7) is -0.255. The summed E-state index contributed by atoms with van der Waals surface area (Å²) >= 11 is 7.23. The van der Waals surface area contributed by atoms with Gasteiger partial charge in [0.1, 0.15) is 17.2 Å². The first-order valence-corrected chi connectivity index (χ1v) is 7.23. The maximum atomic E-state index is 12.3. The number of hydrogen-bond acceptors (Lipinski definition) is 4. The van der Waals surface area contributed by atoms with Crippen LogP contribution < -0.4 is 10.1 Å². The van der Waals surface area contributed by atoms with Crippen LogP contribution >= 0.6 is 22.9 Å². The lowest BCUT2D eigenvalue weighted by molar-refractivity contribution is 0.102. The molecule has 0 radical (unpaired) electrons. The number of nitrogens with one attached hydrogen (secondary N) is 1. The maximum absolute atomic E-state index is 12.3. The molecule has 0 bridgehead atoms. The van der Waals surface area contributed by atoms with Crippen LogP contribution in [0.25, 0.3) is 0 Å². The van der Waals surface area contributed by atoms with E-state index >= 15 is 0 Å². The first-order valence-electron chi connectivity index (χ1n) is 5.98. The molecular weight excluding hydrogens is 310 g/mol. The van der Waals surface area contributed by atoms with Crippen LogP contribution in [0.5, 0.6) is 5.75 Å². The van der Waals surface area contributed by atoms with E-state index in [1.807, 2.05) is 0 Å². The normalized spacial score (nSPS) is 9.67. The van der Waals surface area contributed by atoms with E-state index in [0.717, 1.165) is 0 Å². The molecular formula is C15H12ClNO3S. The molecule has 1 heterocycles. The van der Waals surface area contributed by atoms with Gasteiger partial charge in [0.15, 0.2) is 0 Å². The second-order valence-corrected chi connectivity index (χ2v) is 5.27. The Morgan fingerprint density at radius 1 is 1.48 bits per heavy atom. The first kappa shape index (κ1) is 15.4. The largest absolute Gasteiger partial charge is 0.495 e. The smallest absolute Gasteiger partial charge is 0.269 e. The van der Waals surface area contributed by atoms with E-state index in [0.29, 0.717) is 26.9 Å². The Morgan fingerprint density at radius 3 is 3.00 bits per heavy atom. The first-order chi connectivity index (χ1) is 10.2. The van der Waals surface area contributed by atoms with Crippen LogP contribution in [-0.2, 0) is 0 Å². The molecule has 0 aliphatic carbocycles. The van der Waals surface area contributed by atoms with Crippen molar-refractivity contribution >= 4 is 34.5 Å². The minimum atomic E-state index is -0.295. The molecule has 0 aliphatic rings. The zero-order valence-electron chi connectivity index (χ0n) is 11.1. The average Bonchev–Trinajstić information content (AvgIpc) is 2.95. The highest BCUT2D eigenvalue weighted by Crippen LogP contribution is 2.27. The van der Waals surface area contributed by atoms with Crippen LogP contribution in [0.15, 0.2) is 29.6 Å². The predicted octanol–water partition coefficient (Wildman–Crippen LogP) is 3.01. The Balaban J connectivity index is 2.30. The Morgan fingerprint density at radius 2 is 2.29 bits per heavy atom. The lowest BCUT2D eigenvalue weighted by Gasteiger charge is -2.08. The number of benzene rings is 1. The summed E-state index contributed by atoms with van der Waals surface area (Å²) in [7, 11) is 1.51. The van der Waals surface area contributed by atoms with Crippen LogP contribution in [0, 0.1) is 11.8 Å². The van der Waals surface area contributed by atoms with Crippen LogP contribution in [0.4, 0.5) is 5.69 Å². The van der Waals surface area contributed by atoms with Gasteiger partial charge in [-0.2, -0.15) is 0 Å². The van der Waals surface area contributed by atoms with Crippen molar-refractivity contribution in [2.24, 2.45) is 0 Å². The van der Waals surface area contributed by atoms with Gasteiger partial charge in [-0.1, -0.05) is 23.4 Å². The third-order valence-corrected chi connectivity index (χ3v) is 3.72. The van der Waals surface area contributed by atoms with E-state index in [1.165, 1.54) is 18.4 Å². The fraction of sp³-hybridized carbons (Fsp3) is 0.133. The fourth-order valence-corrected chi connectivity index (χ4v) is 2.59. The minimum absolute atomic E-state index is 0.255. The van der Waals surface area contributed by atoms with Crippen molar-refractivity contribution in [1.82, 2.24) is 0 Å². The van der Waals surface area contributed by atoms with Crippen LogP contribution in [-0.4, -0.2) is 24.7 Å². The quantitative estimate of drug-likeness (QED) is 0.854. The number of carbonyl (C=O) groups excluding carboxylic acids is 1. The van der Waals surface area contributed by atoms with E-state index in [1.54, 1.807) is 29.6 Å². The number of aliphatic hydroxyl groups excluding tert-OH is 1. The van der Waals surface area contributed by atoms with Gasteiger partial charge in [-0.15, -0.1) is 11.3 Å². The molecule has 0 unspecified atom stereocenters. The summed E-state index contributed by atoms with van der Waals surface area (Å²) in [5.41, 5.74) is 1.07. The van der Waals surface area contributed by atoms with Gasteiger partial charge in [0, 0.05) is 10.6 Å². The number of ether oxygens (including phenoxy) is 1. The van der Waals surface area contributed by atoms with E-state index in [4.69, 9.17) is 21.4 Å². The molecule has 2 N–H and O–H groups in total. The molecule has 2 aromatic rings. The highest BCUT2D eigenvalue weighted by molar-refractivity contribution is 7.12. The van der Waals surface area contributed by atoms with Gasteiger partial charge in [-0.25, -0.2) is 0 Å². The third kappa shape index (κ3) is 3.76. The number of halogens is 1. The number of thiophene rings is 1. The second-order valence-electron chi connectivity index (χ2n) is 3.92. The lowest BCUT2D eigenvalue weighted by Crippen LogP contribution is -2.12. The minimum Gasteiger partial charge on any atom is -0.495 e. The molecule has 2 rings (SSSR count). The average molecular weight is 322 g/mol. The van der Waals surface area contributed by atoms with Gasteiger partial charge in [0.2, 0.25) is 0 Å². The van der Waals surface area contributed by atoms with Crippen LogP contribution in [0.3, 0.4) is 0 Å². The van der Waals surface area contributed by atoms with Gasteiger partial charge in [-0.3, -0.25) is 4.79 Å². The highest BCUT2D eigenvalue weighted by Gasteiger charge is 2.15. The van der Waals surface area contributed by atoms with Crippen molar-refractivity contribution in [2.75, 3.05) is 19.0 Å². The molecule has 21 heavy (non-hydrogen) atoms. The fourth-order valence-electron chi connectivity index (χ4n) is 1.67. The molecule has 0 aliphatic heterocycles. The standard InChI is InChI=1S/C15H12ClNO3S/c1-20-13-6-8-21-14(13)15(19)17-12-9-11(16)5-4-10(12)3-2-7-18/h4-6,8-9,18H,7H2,1H3,(H,17,19). The Labute approximate surface area is 131 Å². The molecule has 0 saturated carbocycles. The summed E-state index contributed by atoms with van der Waals surface area (Å²) in [4.78, 5) is 12.7. The van der Waals surface area contributed by atoms with Crippen molar-refractivity contribution in [3.05, 3.63) is 45.1 Å². The summed E-state index contributed by atoms with van der Waals surface area (Å²) in [6, 6.07) is 6.70. The van der Waals surface area contributed by atoms with Crippen LogP contribution in [0.2, 0.25) is 5.02 Å². The molecule has 0 saturated heterocycles. The Hall–Kier alpha value is -2.00. The van der Waals surface area contributed by atoms with Crippen molar-refractivity contribution in [3.8, 4) is 17.6 Å². The monoisotopic (exact) mass is 321 g/mol. The van der Waals surface area contributed by atoms with E-state index < -0.39 is 0 Å².